The van der Waals surface area contributed by atoms with Gasteiger partial charge in [0.15, 0.2) is 0 Å². The molecule has 3 aliphatic rings. The van der Waals surface area contributed by atoms with Gasteiger partial charge >= 0.3 is 5.97 Å². The Hall–Kier alpha value is -2.90. The summed E-state index contributed by atoms with van der Waals surface area (Å²) in [5.74, 6) is -0.296. The van der Waals surface area contributed by atoms with E-state index in [1.54, 1.807) is 17.0 Å². The van der Waals surface area contributed by atoms with E-state index in [1.165, 1.54) is 18.7 Å². The minimum atomic E-state index is -0.519. The van der Waals surface area contributed by atoms with Gasteiger partial charge in [0.2, 0.25) is 5.91 Å². The lowest BCUT2D eigenvalue weighted by molar-refractivity contribution is -0.384. The van der Waals surface area contributed by atoms with Crippen LogP contribution in [0.3, 0.4) is 0 Å². The third kappa shape index (κ3) is 2.71. The van der Waals surface area contributed by atoms with Gasteiger partial charge in [0.05, 0.1) is 12.0 Å². The van der Waals surface area contributed by atoms with Crippen LogP contribution < -0.4 is 4.90 Å². The molecule has 1 aliphatic carbocycles. The van der Waals surface area contributed by atoms with Crippen molar-refractivity contribution in [2.24, 2.45) is 0 Å². The van der Waals surface area contributed by atoms with Crippen LogP contribution in [0.2, 0.25) is 0 Å². The normalized spacial score (nSPS) is 23.0. The smallest absolute Gasteiger partial charge is 0.328 e. The number of anilines is 1. The lowest BCUT2D eigenvalue weighted by Crippen LogP contribution is -2.45. The molecule has 0 radical (unpaired) electrons. The Morgan fingerprint density at radius 2 is 2.19 bits per heavy atom. The number of ether oxygens (including phenoxy) is 1. The number of amides is 1. The number of carbonyl (C=O) groups is 2. The summed E-state index contributed by atoms with van der Waals surface area (Å²) in [4.78, 5) is 38.7. The molecule has 0 spiro atoms. The maximum Gasteiger partial charge on any atom is 0.328 e. The largest absolute Gasteiger partial charge is 0.467 e. The number of fused-ring (bicyclic) bond motifs is 3. The number of hydrogen-bond donors (Lipinski definition) is 0. The monoisotopic (exact) mass is 357 g/mol. The molecule has 0 bridgehead atoms. The Kier molecular flexibility index (Phi) is 3.90. The second-order valence-corrected chi connectivity index (χ2v) is 6.86. The predicted molar refractivity (Wildman–Crippen MR) is 92.6 cm³/mol. The van der Waals surface area contributed by atoms with E-state index in [-0.39, 0.29) is 30.0 Å². The summed E-state index contributed by atoms with van der Waals surface area (Å²) in [6.45, 7) is 0.646. The first-order valence-corrected chi connectivity index (χ1v) is 8.62. The van der Waals surface area contributed by atoms with Gasteiger partial charge in [-0.3, -0.25) is 14.9 Å². The second-order valence-electron chi connectivity index (χ2n) is 6.86. The molecule has 1 aromatic carbocycles. The number of nitrogens with zero attached hydrogens (tertiary/aromatic N) is 3. The molecule has 136 valence electrons. The Morgan fingerprint density at radius 3 is 2.92 bits per heavy atom. The number of methoxy groups -OCH3 is 1. The average molecular weight is 357 g/mol. The number of nitro groups is 1. The van der Waals surface area contributed by atoms with Gasteiger partial charge < -0.3 is 14.5 Å². The molecule has 1 amide bonds. The molecule has 4 rings (SSSR count). The topological polar surface area (TPSA) is 93.0 Å². The van der Waals surface area contributed by atoms with Crippen molar-refractivity contribution in [1.82, 2.24) is 4.90 Å². The molecule has 8 heteroatoms. The highest BCUT2D eigenvalue weighted by molar-refractivity contribution is 5.89. The van der Waals surface area contributed by atoms with Gasteiger partial charge in [-0.1, -0.05) is 0 Å². The van der Waals surface area contributed by atoms with Crippen molar-refractivity contribution in [1.29, 1.82) is 0 Å². The minimum Gasteiger partial charge on any atom is -0.467 e. The van der Waals surface area contributed by atoms with E-state index >= 15 is 0 Å². The highest BCUT2D eigenvalue weighted by Gasteiger charge is 2.41. The number of likely N-dealkylation sites (tertiary alicyclic amines) is 1. The molecule has 0 N–H and O–H groups in total. The fourth-order valence-electron chi connectivity index (χ4n) is 3.91. The van der Waals surface area contributed by atoms with Crippen LogP contribution >= 0.6 is 0 Å². The van der Waals surface area contributed by atoms with Crippen LogP contribution in [0.5, 0.6) is 0 Å². The van der Waals surface area contributed by atoms with Crippen molar-refractivity contribution in [2.75, 3.05) is 25.1 Å². The number of carbonyl (C=O) groups excluding carboxylic acids is 2. The number of rotatable bonds is 4. The quantitative estimate of drug-likeness (QED) is 0.464. The van der Waals surface area contributed by atoms with Gasteiger partial charge in [-0.05, 0) is 36.5 Å². The molecular formula is C18H19N3O5. The molecule has 2 fully saturated rings. The van der Waals surface area contributed by atoms with Crippen LogP contribution in [0.15, 0.2) is 30.0 Å². The summed E-state index contributed by atoms with van der Waals surface area (Å²) in [6, 6.07) is 4.25. The zero-order valence-electron chi connectivity index (χ0n) is 14.4. The van der Waals surface area contributed by atoms with Crippen molar-refractivity contribution in [3.63, 3.8) is 0 Å². The standard InChI is InChI=1S/C18H19N3O5/c1-26-18(23)16-3-2-6-20(16)17(22)10-19-9-11-7-13(11)14-8-12(21(24)25)4-5-15(14)19/h4-5,8-9,13,16H,2-3,6-7,10H2,1H3. The van der Waals surface area contributed by atoms with Crippen LogP contribution in [0.25, 0.3) is 0 Å². The summed E-state index contributed by atoms with van der Waals surface area (Å²) >= 11 is 0. The highest BCUT2D eigenvalue weighted by atomic mass is 16.6. The van der Waals surface area contributed by atoms with E-state index in [9.17, 15) is 19.7 Å². The van der Waals surface area contributed by atoms with E-state index in [4.69, 9.17) is 4.74 Å². The van der Waals surface area contributed by atoms with Crippen molar-refractivity contribution in [3.05, 3.63) is 45.6 Å². The zero-order chi connectivity index (χ0) is 18.4. The molecule has 2 unspecified atom stereocenters. The molecule has 2 heterocycles. The minimum absolute atomic E-state index is 0.0634. The summed E-state index contributed by atoms with van der Waals surface area (Å²) in [6.07, 6.45) is 4.22. The van der Waals surface area contributed by atoms with E-state index in [0.717, 1.165) is 24.1 Å². The van der Waals surface area contributed by atoms with Crippen LogP contribution in [-0.2, 0) is 14.3 Å². The molecule has 1 saturated heterocycles. The average Bonchev–Trinajstić information content (AvgIpc) is 3.25. The lowest BCUT2D eigenvalue weighted by Gasteiger charge is -2.29. The first-order chi connectivity index (χ1) is 12.5. The number of allylic oxidation sites excluding steroid dienone is 1. The Labute approximate surface area is 150 Å². The van der Waals surface area contributed by atoms with Gasteiger partial charge in [-0.15, -0.1) is 0 Å². The predicted octanol–water partition coefficient (Wildman–Crippen LogP) is 1.95. The number of non-ortho nitro benzene ring substituents is 1. The van der Waals surface area contributed by atoms with Gasteiger partial charge in [0.25, 0.3) is 5.69 Å². The van der Waals surface area contributed by atoms with Crippen LogP contribution in [0.4, 0.5) is 11.4 Å². The van der Waals surface area contributed by atoms with Gasteiger partial charge in [0, 0.05) is 36.5 Å². The molecule has 0 aromatic heterocycles. The number of benzene rings is 1. The number of esters is 1. The molecule has 2 aliphatic heterocycles. The maximum atomic E-state index is 12.8. The fourth-order valence-corrected chi connectivity index (χ4v) is 3.91. The van der Waals surface area contributed by atoms with Crippen molar-refractivity contribution >= 4 is 23.3 Å². The first-order valence-electron chi connectivity index (χ1n) is 8.62. The van der Waals surface area contributed by atoms with E-state index in [2.05, 4.69) is 0 Å². The summed E-state index contributed by atoms with van der Waals surface area (Å²) < 4.78 is 4.80. The van der Waals surface area contributed by atoms with Gasteiger partial charge in [-0.25, -0.2) is 4.79 Å². The molecule has 1 aromatic rings. The van der Waals surface area contributed by atoms with Crippen molar-refractivity contribution < 1.29 is 19.2 Å². The molecule has 8 nitrogen and oxygen atoms in total. The van der Waals surface area contributed by atoms with E-state index in [0.29, 0.717) is 13.0 Å². The summed E-state index contributed by atoms with van der Waals surface area (Å²) in [5, 5.41) is 11.0. The van der Waals surface area contributed by atoms with Crippen LogP contribution in [-0.4, -0.2) is 47.9 Å². The third-order valence-corrected chi connectivity index (χ3v) is 5.31. The van der Waals surface area contributed by atoms with E-state index in [1.807, 2.05) is 11.1 Å². The Balaban J connectivity index is 1.56. The molecular weight excluding hydrogens is 338 g/mol. The maximum absolute atomic E-state index is 12.8. The molecule has 26 heavy (non-hydrogen) atoms. The first kappa shape index (κ1) is 16.6. The SMILES string of the molecule is COC(=O)C1CCCN1C(=O)CN1C=C2CC2c2cc([N+](=O)[O-])ccc21. The van der Waals surface area contributed by atoms with Crippen LogP contribution in [0.1, 0.15) is 30.7 Å². The van der Waals surface area contributed by atoms with Crippen molar-refractivity contribution in [2.45, 2.75) is 31.2 Å². The van der Waals surface area contributed by atoms with Gasteiger partial charge in [0.1, 0.15) is 12.6 Å². The second kappa shape index (κ2) is 6.12. The number of nitro benzene ring substituents is 1. The molecule has 2 atom stereocenters. The third-order valence-electron chi connectivity index (χ3n) is 5.31. The summed E-state index contributed by atoms with van der Waals surface area (Å²) in [7, 11) is 1.33. The zero-order valence-corrected chi connectivity index (χ0v) is 14.4. The Bertz CT molecular complexity index is 834. The van der Waals surface area contributed by atoms with E-state index < -0.39 is 11.0 Å². The Morgan fingerprint density at radius 1 is 1.38 bits per heavy atom. The molecule has 1 saturated carbocycles. The number of hydrogen-bond acceptors (Lipinski definition) is 6. The van der Waals surface area contributed by atoms with Crippen molar-refractivity contribution in [3.8, 4) is 0 Å². The fraction of sp³-hybridized carbons (Fsp3) is 0.444. The highest BCUT2D eigenvalue weighted by Crippen LogP contribution is 2.54. The lowest BCUT2D eigenvalue weighted by atomic mass is 10.0. The van der Waals surface area contributed by atoms with Gasteiger partial charge in [-0.2, -0.15) is 0 Å². The summed E-state index contributed by atoms with van der Waals surface area (Å²) in [5.41, 5.74) is 2.96. The van der Waals surface area contributed by atoms with Crippen LogP contribution in [0, 0.1) is 10.1 Å².